The minimum absolute atomic E-state index is 0.109. The van der Waals surface area contributed by atoms with E-state index in [0.29, 0.717) is 10.0 Å². The number of ether oxygens (including phenoxy) is 1. The van der Waals surface area contributed by atoms with E-state index in [1.807, 2.05) is 0 Å². The molecular formula is C13H16BrNO6S. The van der Waals surface area contributed by atoms with Crippen LogP contribution in [-0.2, 0) is 19.6 Å². The smallest absolute Gasteiger partial charge is 0.302 e. The molecular weight excluding hydrogens is 378 g/mol. The van der Waals surface area contributed by atoms with Crippen molar-refractivity contribution in [3.63, 3.8) is 0 Å². The minimum atomic E-state index is -3.82. The molecule has 122 valence electrons. The molecule has 0 aliphatic carbocycles. The van der Waals surface area contributed by atoms with Gasteiger partial charge in [0.15, 0.2) is 0 Å². The lowest BCUT2D eigenvalue weighted by atomic mass is 10.1. The number of benzene rings is 1. The van der Waals surface area contributed by atoms with Gasteiger partial charge in [-0.25, -0.2) is 8.42 Å². The van der Waals surface area contributed by atoms with Gasteiger partial charge in [-0.1, -0.05) is 15.9 Å². The van der Waals surface area contributed by atoms with Crippen molar-refractivity contribution in [1.82, 2.24) is 4.31 Å². The molecule has 1 aromatic rings. The molecule has 9 heteroatoms. The maximum atomic E-state index is 12.6. The molecule has 2 atom stereocenters. The van der Waals surface area contributed by atoms with E-state index in [9.17, 15) is 18.3 Å². The summed E-state index contributed by atoms with van der Waals surface area (Å²) in [5.41, 5.74) is 0.487. The van der Waals surface area contributed by atoms with Crippen LogP contribution in [0.2, 0.25) is 0 Å². The van der Waals surface area contributed by atoms with E-state index in [0.717, 1.165) is 4.31 Å². The summed E-state index contributed by atoms with van der Waals surface area (Å²) in [6.07, 6.45) is -1.22. The number of rotatable bonds is 5. The van der Waals surface area contributed by atoms with E-state index < -0.39 is 34.7 Å². The Morgan fingerprint density at radius 1 is 1.50 bits per heavy atom. The number of β-amino-alcohol motifs (C(OH)–C–C–N with tert-alkyl or cyclic N) is 1. The molecule has 0 spiro atoms. The van der Waals surface area contributed by atoms with Gasteiger partial charge in [0.2, 0.25) is 10.0 Å². The minimum Gasteiger partial charge on any atom is -0.464 e. The molecule has 1 aliphatic rings. The second-order valence-electron chi connectivity index (χ2n) is 4.91. The summed E-state index contributed by atoms with van der Waals surface area (Å²) in [6, 6.07) is 3.97. The topological polar surface area (TPSA) is 104 Å². The Labute approximate surface area is 136 Å². The van der Waals surface area contributed by atoms with Crippen molar-refractivity contribution < 1.29 is 28.2 Å². The van der Waals surface area contributed by atoms with Gasteiger partial charge in [-0.15, -0.1) is 0 Å². The second kappa shape index (κ2) is 6.63. The van der Waals surface area contributed by atoms with E-state index >= 15 is 0 Å². The zero-order valence-corrected chi connectivity index (χ0v) is 14.2. The van der Waals surface area contributed by atoms with Crippen LogP contribution >= 0.6 is 15.9 Å². The summed E-state index contributed by atoms with van der Waals surface area (Å²) in [7, 11) is -3.82. The largest absolute Gasteiger partial charge is 0.464 e. The van der Waals surface area contributed by atoms with Crippen LogP contribution in [0, 0.1) is 0 Å². The summed E-state index contributed by atoms with van der Waals surface area (Å²) in [6.45, 7) is 0.234. The van der Waals surface area contributed by atoms with Gasteiger partial charge in [0.1, 0.15) is 6.61 Å². The summed E-state index contributed by atoms with van der Waals surface area (Å²) in [4.78, 5) is 11.1. The first-order valence-corrected chi connectivity index (χ1v) is 8.74. The fourth-order valence-electron chi connectivity index (χ4n) is 2.32. The first kappa shape index (κ1) is 17.4. The molecule has 7 nitrogen and oxygen atoms in total. The molecule has 1 aliphatic heterocycles. The Kier molecular flexibility index (Phi) is 5.23. The van der Waals surface area contributed by atoms with Gasteiger partial charge < -0.3 is 14.9 Å². The molecule has 1 aromatic carbocycles. The van der Waals surface area contributed by atoms with Crippen LogP contribution in [0.3, 0.4) is 0 Å². The zero-order valence-electron chi connectivity index (χ0n) is 11.8. The number of halogens is 1. The number of fused-ring (bicyclic) bond motifs is 1. The van der Waals surface area contributed by atoms with Gasteiger partial charge >= 0.3 is 5.97 Å². The molecule has 1 heterocycles. The van der Waals surface area contributed by atoms with Crippen molar-refractivity contribution in [1.29, 1.82) is 0 Å². The fourth-order valence-corrected chi connectivity index (χ4v) is 4.57. The number of sulfonamides is 1. The summed E-state index contributed by atoms with van der Waals surface area (Å²) in [5, 5.41) is 18.6. The van der Waals surface area contributed by atoms with Crippen LogP contribution in [0.5, 0.6) is 0 Å². The number of aliphatic hydroxyl groups excluding tert-OH is 2. The first-order valence-electron chi connectivity index (χ1n) is 6.51. The second-order valence-corrected chi connectivity index (χ2v) is 7.69. The third-order valence-corrected chi connectivity index (χ3v) is 5.75. The van der Waals surface area contributed by atoms with Gasteiger partial charge in [-0.2, -0.15) is 4.31 Å². The van der Waals surface area contributed by atoms with Crippen LogP contribution in [0.4, 0.5) is 0 Å². The highest BCUT2D eigenvalue weighted by Gasteiger charge is 2.43. The highest BCUT2D eigenvalue weighted by atomic mass is 79.9. The fraction of sp³-hybridized carbons (Fsp3) is 0.462. The number of aliphatic hydroxyl groups is 2. The lowest BCUT2D eigenvalue weighted by molar-refractivity contribution is -0.142. The molecule has 2 rings (SSSR count). The molecule has 2 N–H and O–H groups in total. The van der Waals surface area contributed by atoms with Crippen molar-refractivity contribution in [3.8, 4) is 0 Å². The van der Waals surface area contributed by atoms with E-state index in [1.165, 1.54) is 13.0 Å². The Hall–Kier alpha value is -1.00. The van der Waals surface area contributed by atoms with Gasteiger partial charge in [0.25, 0.3) is 0 Å². The summed E-state index contributed by atoms with van der Waals surface area (Å²) < 4.78 is 31.9. The number of nitrogens with zero attached hydrogens (tertiary/aromatic N) is 1. The Morgan fingerprint density at radius 2 is 2.18 bits per heavy atom. The SMILES string of the molecule is CC(=O)OCC1c2cc(Br)ccc2S(=O)(=O)N1CC(O)CO. The Bertz CT molecular complexity index is 677. The normalized spacial score (nSPS) is 21.4. The van der Waals surface area contributed by atoms with Crippen molar-refractivity contribution >= 4 is 31.9 Å². The lowest BCUT2D eigenvalue weighted by Crippen LogP contribution is -2.38. The van der Waals surface area contributed by atoms with Gasteiger partial charge in [0.05, 0.1) is 23.6 Å². The highest BCUT2D eigenvalue weighted by Crippen LogP contribution is 2.40. The zero-order chi connectivity index (χ0) is 16.5. The number of carbonyl (C=O) groups is 1. The lowest BCUT2D eigenvalue weighted by Gasteiger charge is -2.24. The summed E-state index contributed by atoms with van der Waals surface area (Å²) in [5.74, 6) is -0.525. The molecule has 0 bridgehead atoms. The number of carbonyl (C=O) groups excluding carboxylic acids is 1. The third kappa shape index (κ3) is 3.33. The highest BCUT2D eigenvalue weighted by molar-refractivity contribution is 9.10. The molecule has 0 fully saturated rings. The molecule has 0 saturated heterocycles. The van der Waals surface area contributed by atoms with Gasteiger partial charge in [0, 0.05) is 17.9 Å². The van der Waals surface area contributed by atoms with Gasteiger partial charge in [-0.3, -0.25) is 4.79 Å². The first-order chi connectivity index (χ1) is 10.3. The van der Waals surface area contributed by atoms with Crippen LogP contribution in [0.15, 0.2) is 27.6 Å². The van der Waals surface area contributed by atoms with Crippen LogP contribution in [0.1, 0.15) is 18.5 Å². The molecule has 2 unspecified atom stereocenters. The molecule has 22 heavy (non-hydrogen) atoms. The van der Waals surface area contributed by atoms with E-state index in [2.05, 4.69) is 15.9 Å². The van der Waals surface area contributed by atoms with Crippen molar-refractivity contribution in [2.24, 2.45) is 0 Å². The predicted octanol–water partition coefficient (Wildman–Crippen LogP) is 0.411. The predicted molar refractivity (Wildman–Crippen MR) is 80.5 cm³/mol. The Balaban J connectivity index is 2.44. The third-order valence-electron chi connectivity index (χ3n) is 3.31. The maximum Gasteiger partial charge on any atom is 0.302 e. The average molecular weight is 394 g/mol. The number of hydrogen-bond acceptors (Lipinski definition) is 6. The van der Waals surface area contributed by atoms with Crippen LogP contribution < -0.4 is 0 Å². The summed E-state index contributed by atoms with van der Waals surface area (Å²) >= 11 is 3.28. The van der Waals surface area contributed by atoms with Crippen molar-refractivity contribution in [2.45, 2.75) is 24.0 Å². The molecule has 0 radical (unpaired) electrons. The number of esters is 1. The molecule has 0 aromatic heterocycles. The quantitative estimate of drug-likeness (QED) is 0.702. The van der Waals surface area contributed by atoms with Crippen LogP contribution in [0.25, 0.3) is 0 Å². The molecule has 0 amide bonds. The van der Waals surface area contributed by atoms with Gasteiger partial charge in [-0.05, 0) is 23.8 Å². The van der Waals surface area contributed by atoms with Crippen LogP contribution in [-0.4, -0.2) is 54.8 Å². The molecule has 0 saturated carbocycles. The maximum absolute atomic E-state index is 12.6. The van der Waals surface area contributed by atoms with E-state index in [-0.39, 0.29) is 18.0 Å². The Morgan fingerprint density at radius 3 is 2.77 bits per heavy atom. The van der Waals surface area contributed by atoms with E-state index in [4.69, 9.17) is 9.84 Å². The average Bonchev–Trinajstić information content (AvgIpc) is 2.64. The van der Waals surface area contributed by atoms with Crippen molar-refractivity contribution in [2.75, 3.05) is 19.8 Å². The number of hydrogen-bond donors (Lipinski definition) is 2. The monoisotopic (exact) mass is 393 g/mol. The van der Waals surface area contributed by atoms with E-state index in [1.54, 1.807) is 12.1 Å². The van der Waals surface area contributed by atoms with Crippen molar-refractivity contribution in [3.05, 3.63) is 28.2 Å². The standard InChI is InChI=1S/C13H16BrNO6S/c1-8(17)21-7-12-11-4-9(14)2-3-13(11)22(19,20)15(12)5-10(18)6-16/h2-4,10,12,16,18H,5-7H2,1H3.